The number of carbonyl (C=O) groups is 1. The van der Waals surface area contributed by atoms with Crippen LogP contribution < -0.4 is 9.64 Å². The van der Waals surface area contributed by atoms with Crippen LogP contribution in [0, 0.1) is 0 Å². The lowest BCUT2D eigenvalue weighted by molar-refractivity contribution is -0.274. The smallest absolute Gasteiger partial charge is 0.481 e. The average molecular weight is 484 g/mol. The van der Waals surface area contributed by atoms with Crippen molar-refractivity contribution in [1.29, 1.82) is 0 Å². The van der Waals surface area contributed by atoms with Gasteiger partial charge in [0.2, 0.25) is 10.0 Å². The highest BCUT2D eigenvalue weighted by Gasteiger charge is 2.36. The molecule has 1 aliphatic carbocycles. The third-order valence-corrected chi connectivity index (χ3v) is 8.11. The Kier molecular flexibility index (Phi) is 6.04. The molecule has 0 radical (unpaired) electrons. The Morgan fingerprint density at radius 1 is 1.12 bits per heavy atom. The maximum absolute atomic E-state index is 13.3. The molecule has 178 valence electrons. The zero-order chi connectivity index (χ0) is 24.0. The van der Waals surface area contributed by atoms with E-state index in [-0.39, 0.29) is 17.2 Å². The fourth-order valence-electron chi connectivity index (χ4n) is 4.52. The Morgan fingerprint density at radius 2 is 1.82 bits per heavy atom. The zero-order valence-electron chi connectivity index (χ0n) is 17.7. The van der Waals surface area contributed by atoms with Crippen molar-refractivity contribution in [3.8, 4) is 5.75 Å². The van der Waals surface area contributed by atoms with Crippen LogP contribution in [0.5, 0.6) is 5.75 Å². The van der Waals surface area contributed by atoms with Crippen LogP contribution >= 0.6 is 0 Å². The molecule has 1 heterocycles. The number of alkyl halides is 3. The molecule has 0 bridgehead atoms. The molecule has 0 spiro atoms. The maximum Gasteiger partial charge on any atom is 0.573 e. The second-order valence-electron chi connectivity index (χ2n) is 8.24. The van der Waals surface area contributed by atoms with Crippen molar-refractivity contribution in [3.63, 3.8) is 0 Å². The molecule has 2 aliphatic rings. The van der Waals surface area contributed by atoms with Gasteiger partial charge in [-0.2, -0.15) is 4.31 Å². The number of anilines is 1. The first-order chi connectivity index (χ1) is 15.5. The highest BCUT2D eigenvalue weighted by atomic mass is 32.2. The fourth-order valence-corrected chi connectivity index (χ4v) is 6.17. The maximum atomic E-state index is 13.3. The number of piperazine rings is 1. The number of hydrogen-bond donors (Lipinski definition) is 1. The lowest BCUT2D eigenvalue weighted by Crippen LogP contribution is -2.54. The Hall–Kier alpha value is -2.79. The largest absolute Gasteiger partial charge is 0.573 e. The normalized spacial score (nSPS) is 21.6. The molecule has 2 atom stereocenters. The Bertz CT molecular complexity index is 1150. The zero-order valence-corrected chi connectivity index (χ0v) is 18.6. The van der Waals surface area contributed by atoms with E-state index < -0.39 is 34.3 Å². The first-order valence-electron chi connectivity index (χ1n) is 10.4. The van der Waals surface area contributed by atoms with E-state index in [1.165, 1.54) is 40.7 Å². The number of aryl methyl sites for hydroxylation is 1. The highest BCUT2D eigenvalue weighted by molar-refractivity contribution is 7.89. The summed E-state index contributed by atoms with van der Waals surface area (Å²) < 4.78 is 69.0. The molecule has 1 saturated heterocycles. The van der Waals surface area contributed by atoms with Gasteiger partial charge in [-0.15, -0.1) is 13.2 Å². The number of fused-ring (bicyclic) bond motifs is 1. The number of aliphatic carboxylic acids is 1. The molecule has 4 rings (SSSR count). The van der Waals surface area contributed by atoms with E-state index in [2.05, 4.69) is 4.74 Å². The minimum Gasteiger partial charge on any atom is -0.481 e. The summed E-state index contributed by atoms with van der Waals surface area (Å²) >= 11 is 0. The van der Waals surface area contributed by atoms with Crippen molar-refractivity contribution in [1.82, 2.24) is 4.31 Å². The summed E-state index contributed by atoms with van der Waals surface area (Å²) in [6.07, 6.45) is -3.71. The van der Waals surface area contributed by atoms with Crippen molar-refractivity contribution >= 4 is 21.7 Å². The number of hydrogen-bond acceptors (Lipinski definition) is 5. The van der Waals surface area contributed by atoms with E-state index in [1.54, 1.807) is 13.0 Å². The van der Waals surface area contributed by atoms with Crippen molar-refractivity contribution in [2.45, 2.75) is 43.0 Å². The molecular formula is C22H23F3N2O5S. The van der Waals surface area contributed by atoms with Gasteiger partial charge in [-0.05, 0) is 67.3 Å². The molecular weight excluding hydrogens is 461 g/mol. The van der Waals surface area contributed by atoms with Gasteiger partial charge >= 0.3 is 12.3 Å². The van der Waals surface area contributed by atoms with Gasteiger partial charge in [0.1, 0.15) is 5.75 Å². The molecule has 0 amide bonds. The third kappa shape index (κ3) is 4.79. The van der Waals surface area contributed by atoms with Crippen LogP contribution in [0.3, 0.4) is 0 Å². The molecule has 1 aliphatic heterocycles. The van der Waals surface area contributed by atoms with Crippen molar-refractivity contribution in [2.75, 3.05) is 24.5 Å². The predicted octanol–water partition coefficient (Wildman–Crippen LogP) is 3.60. The Morgan fingerprint density at radius 3 is 2.42 bits per heavy atom. The SMILES string of the molecule is C[C@H]1CN(c2ccc(OC(F)(F)F)cc2)CCN1S(=O)(=O)c1ccc2c(c1)C(C(=O)O)CC2. The lowest BCUT2D eigenvalue weighted by atomic mass is 10.0. The van der Waals surface area contributed by atoms with E-state index >= 15 is 0 Å². The van der Waals surface area contributed by atoms with Crippen LogP contribution in [0.15, 0.2) is 47.4 Å². The summed E-state index contributed by atoms with van der Waals surface area (Å²) in [6.45, 7) is 2.65. The van der Waals surface area contributed by atoms with Gasteiger partial charge < -0.3 is 14.7 Å². The minimum atomic E-state index is -4.77. The van der Waals surface area contributed by atoms with Crippen molar-refractivity contribution < 1.29 is 36.2 Å². The number of carboxylic acid groups (broad SMARTS) is 1. The minimum absolute atomic E-state index is 0.0725. The molecule has 1 unspecified atom stereocenters. The molecule has 1 fully saturated rings. The number of carboxylic acids is 1. The number of ether oxygens (including phenoxy) is 1. The van der Waals surface area contributed by atoms with Crippen LogP contribution in [-0.4, -0.2) is 55.8 Å². The van der Waals surface area contributed by atoms with Crippen molar-refractivity contribution in [2.24, 2.45) is 0 Å². The van der Waals surface area contributed by atoms with Crippen LogP contribution in [0.25, 0.3) is 0 Å². The van der Waals surface area contributed by atoms with E-state index in [9.17, 15) is 31.5 Å². The van der Waals surface area contributed by atoms with Crippen LogP contribution in [0.1, 0.15) is 30.4 Å². The first kappa shape index (κ1) is 23.4. The number of sulfonamides is 1. The molecule has 1 N–H and O–H groups in total. The molecule has 33 heavy (non-hydrogen) atoms. The van der Waals surface area contributed by atoms with E-state index in [4.69, 9.17) is 0 Å². The highest BCUT2D eigenvalue weighted by Crippen LogP contribution is 2.36. The first-order valence-corrected chi connectivity index (χ1v) is 11.9. The summed E-state index contributed by atoms with van der Waals surface area (Å²) in [5, 5.41) is 9.43. The average Bonchev–Trinajstić information content (AvgIpc) is 3.16. The Labute approximate surface area is 189 Å². The van der Waals surface area contributed by atoms with E-state index in [1.807, 2.05) is 4.90 Å². The quantitative estimate of drug-likeness (QED) is 0.698. The molecule has 0 aromatic heterocycles. The topological polar surface area (TPSA) is 87.2 Å². The van der Waals surface area contributed by atoms with Gasteiger partial charge in [-0.1, -0.05) is 6.07 Å². The monoisotopic (exact) mass is 484 g/mol. The summed E-state index contributed by atoms with van der Waals surface area (Å²) in [5.41, 5.74) is 2.07. The predicted molar refractivity (Wildman–Crippen MR) is 114 cm³/mol. The molecule has 11 heteroatoms. The van der Waals surface area contributed by atoms with E-state index in [0.717, 1.165) is 5.56 Å². The number of halogens is 3. The van der Waals surface area contributed by atoms with Crippen molar-refractivity contribution in [3.05, 3.63) is 53.6 Å². The number of nitrogens with zero attached hydrogens (tertiary/aromatic N) is 2. The summed E-state index contributed by atoms with van der Waals surface area (Å²) in [5.74, 6) is -1.98. The summed E-state index contributed by atoms with van der Waals surface area (Å²) in [6, 6.07) is 9.75. The van der Waals surface area contributed by atoms with Gasteiger partial charge in [0.15, 0.2) is 0 Å². The van der Waals surface area contributed by atoms with Crippen LogP contribution in [0.4, 0.5) is 18.9 Å². The van der Waals surface area contributed by atoms with Crippen LogP contribution in [0.2, 0.25) is 0 Å². The molecule has 2 aromatic carbocycles. The standard InChI is InChI=1S/C22H23F3N2O5S/c1-14-13-26(16-4-6-17(7-5-16)32-22(23,24)25)10-11-27(14)33(30,31)18-8-2-15-3-9-19(21(28)29)20(15)12-18/h2,4-8,12,14,19H,3,9-11,13H2,1H3,(H,28,29)/t14-,19?/m0/s1. The summed E-state index contributed by atoms with van der Waals surface area (Å²) in [4.78, 5) is 13.5. The van der Waals surface area contributed by atoms with Gasteiger partial charge in [0.05, 0.1) is 10.8 Å². The third-order valence-electron chi connectivity index (χ3n) is 6.10. The van der Waals surface area contributed by atoms with Gasteiger partial charge in [0.25, 0.3) is 0 Å². The van der Waals surface area contributed by atoms with Crippen LogP contribution in [-0.2, 0) is 21.2 Å². The second kappa shape index (κ2) is 8.53. The fraction of sp³-hybridized carbons (Fsp3) is 0.409. The van der Waals surface area contributed by atoms with Gasteiger partial charge in [0, 0.05) is 31.4 Å². The number of rotatable bonds is 5. The van der Waals surface area contributed by atoms with Gasteiger partial charge in [-0.25, -0.2) is 8.42 Å². The summed E-state index contributed by atoms with van der Waals surface area (Å²) in [7, 11) is -3.85. The second-order valence-corrected chi connectivity index (χ2v) is 10.1. The molecule has 2 aromatic rings. The Balaban J connectivity index is 1.49. The molecule has 0 saturated carbocycles. The van der Waals surface area contributed by atoms with Gasteiger partial charge in [-0.3, -0.25) is 4.79 Å². The van der Waals surface area contributed by atoms with E-state index in [0.29, 0.717) is 37.2 Å². The number of benzene rings is 2. The molecule has 7 nitrogen and oxygen atoms in total. The lowest BCUT2D eigenvalue weighted by Gasteiger charge is -2.40.